The van der Waals surface area contributed by atoms with Crippen LogP contribution in [0.3, 0.4) is 0 Å². The summed E-state index contributed by atoms with van der Waals surface area (Å²) in [7, 11) is 4.75. The number of rotatable bonds is 11. The van der Waals surface area contributed by atoms with Crippen LogP contribution in [0.25, 0.3) is 5.57 Å². The first-order valence-corrected chi connectivity index (χ1v) is 10.6. The number of para-hydroxylation sites is 1. The second-order valence-corrected chi connectivity index (χ2v) is 7.65. The lowest BCUT2D eigenvalue weighted by atomic mass is 10.0. The Morgan fingerprint density at radius 1 is 0.875 bits per heavy atom. The van der Waals surface area contributed by atoms with Gasteiger partial charge < -0.3 is 19.1 Å². The van der Waals surface area contributed by atoms with Crippen LogP contribution in [0.5, 0.6) is 5.75 Å². The Hall–Kier alpha value is -2.87. The maximum atomic E-state index is 13.6. The zero-order valence-electron chi connectivity index (χ0n) is 18.5. The van der Waals surface area contributed by atoms with E-state index in [1.807, 2.05) is 23.1 Å². The van der Waals surface area contributed by atoms with Crippen LogP contribution in [0.1, 0.15) is 11.1 Å². The number of hydrogen-bond donors (Lipinski definition) is 0. The molecule has 0 aliphatic carbocycles. The van der Waals surface area contributed by atoms with Crippen molar-refractivity contribution in [2.45, 2.75) is 6.54 Å². The molecule has 3 rings (SSSR count). The van der Waals surface area contributed by atoms with Gasteiger partial charge >= 0.3 is 0 Å². The fourth-order valence-corrected chi connectivity index (χ4v) is 3.75. The van der Waals surface area contributed by atoms with Crippen molar-refractivity contribution in [2.24, 2.45) is 0 Å². The van der Waals surface area contributed by atoms with Crippen LogP contribution in [0.4, 0.5) is 0 Å². The van der Waals surface area contributed by atoms with E-state index in [2.05, 4.69) is 0 Å². The third-order valence-corrected chi connectivity index (χ3v) is 5.50. The quantitative estimate of drug-likeness (QED) is 0.482. The topological polar surface area (TPSA) is 68.3 Å². The lowest BCUT2D eigenvalue weighted by Gasteiger charge is -2.25. The van der Waals surface area contributed by atoms with Gasteiger partial charge in [-0.2, -0.15) is 0 Å². The molecule has 2 aromatic carbocycles. The number of nitrogens with zero attached hydrogens (tertiary/aromatic N) is 2. The fourth-order valence-electron chi connectivity index (χ4n) is 3.62. The molecule has 2 amide bonds. The van der Waals surface area contributed by atoms with Crippen LogP contribution in [0, 0.1) is 0 Å². The zero-order valence-corrected chi connectivity index (χ0v) is 19.2. The molecule has 7 nitrogen and oxygen atoms in total. The van der Waals surface area contributed by atoms with E-state index in [0.29, 0.717) is 53.9 Å². The highest BCUT2D eigenvalue weighted by atomic mass is 35.5. The second kappa shape index (κ2) is 11.1. The van der Waals surface area contributed by atoms with Crippen LogP contribution in [0.15, 0.2) is 54.2 Å². The molecule has 1 heterocycles. The predicted molar refractivity (Wildman–Crippen MR) is 122 cm³/mol. The maximum Gasteiger partial charge on any atom is 0.278 e. The number of benzene rings is 2. The van der Waals surface area contributed by atoms with Gasteiger partial charge in [-0.05, 0) is 23.8 Å². The van der Waals surface area contributed by atoms with Gasteiger partial charge in [-0.1, -0.05) is 41.9 Å². The molecule has 0 unspecified atom stereocenters. The number of carbonyl (C=O) groups excluding carboxylic acids is 2. The van der Waals surface area contributed by atoms with E-state index in [0.717, 1.165) is 5.56 Å². The van der Waals surface area contributed by atoms with Crippen LogP contribution >= 0.6 is 11.6 Å². The molecule has 1 aliphatic rings. The average Bonchev–Trinajstić information content (AvgIpc) is 3.05. The van der Waals surface area contributed by atoms with Gasteiger partial charge in [0.05, 0.1) is 32.4 Å². The Kier molecular flexibility index (Phi) is 8.27. The summed E-state index contributed by atoms with van der Waals surface area (Å²) >= 11 is 6.05. The number of amides is 2. The first kappa shape index (κ1) is 23.8. The van der Waals surface area contributed by atoms with Gasteiger partial charge in [0, 0.05) is 37.9 Å². The molecule has 170 valence electrons. The van der Waals surface area contributed by atoms with Crippen LogP contribution in [-0.4, -0.2) is 69.2 Å². The normalized spacial score (nSPS) is 13.8. The highest BCUT2D eigenvalue weighted by Crippen LogP contribution is 2.34. The zero-order chi connectivity index (χ0) is 23.1. The van der Waals surface area contributed by atoms with E-state index in [1.165, 1.54) is 4.90 Å². The molecule has 0 atom stereocenters. The summed E-state index contributed by atoms with van der Waals surface area (Å²) in [6, 6.07) is 14.2. The molecule has 0 radical (unpaired) electrons. The minimum absolute atomic E-state index is 0.102. The lowest BCUT2D eigenvalue weighted by molar-refractivity contribution is -0.138. The van der Waals surface area contributed by atoms with Crippen molar-refractivity contribution in [1.29, 1.82) is 0 Å². The standard InChI is InChI=1S/C24H27ClN2O5/c1-30-14-12-26(13-15-31-2)22-21(17-8-10-19(25)11-9-17)23(28)27(24(22)29)16-18-6-4-5-7-20(18)32-3/h4-11H,12-16H2,1-3H3. The monoisotopic (exact) mass is 458 g/mol. The number of hydrogen-bond acceptors (Lipinski definition) is 6. The third kappa shape index (κ3) is 5.12. The van der Waals surface area contributed by atoms with Crippen LogP contribution in [-0.2, 0) is 25.6 Å². The van der Waals surface area contributed by atoms with Gasteiger partial charge in [-0.15, -0.1) is 0 Å². The van der Waals surface area contributed by atoms with E-state index >= 15 is 0 Å². The molecule has 0 N–H and O–H groups in total. The smallest absolute Gasteiger partial charge is 0.278 e. The second-order valence-electron chi connectivity index (χ2n) is 7.21. The summed E-state index contributed by atoms with van der Waals surface area (Å²) in [4.78, 5) is 30.2. The molecule has 0 aromatic heterocycles. The summed E-state index contributed by atoms with van der Waals surface area (Å²) in [5.41, 5.74) is 2.05. The number of ether oxygens (including phenoxy) is 3. The van der Waals surface area contributed by atoms with Gasteiger partial charge in [0.2, 0.25) is 0 Å². The Balaban J connectivity index is 2.05. The van der Waals surface area contributed by atoms with Gasteiger partial charge in [0.15, 0.2) is 0 Å². The Morgan fingerprint density at radius 2 is 1.50 bits per heavy atom. The molecule has 0 bridgehead atoms. The maximum absolute atomic E-state index is 13.6. The summed E-state index contributed by atoms with van der Waals surface area (Å²) < 4.78 is 15.9. The van der Waals surface area contributed by atoms with Gasteiger partial charge in [-0.25, -0.2) is 0 Å². The lowest BCUT2D eigenvalue weighted by Crippen LogP contribution is -2.37. The summed E-state index contributed by atoms with van der Waals surface area (Å²) in [5, 5.41) is 0.550. The van der Waals surface area contributed by atoms with Crippen molar-refractivity contribution >= 4 is 29.0 Å². The van der Waals surface area contributed by atoms with E-state index in [9.17, 15) is 9.59 Å². The largest absolute Gasteiger partial charge is 0.496 e. The predicted octanol–water partition coefficient (Wildman–Crippen LogP) is 3.22. The molecule has 32 heavy (non-hydrogen) atoms. The molecule has 2 aromatic rings. The molecule has 0 spiro atoms. The van der Waals surface area contributed by atoms with E-state index in [4.69, 9.17) is 25.8 Å². The van der Waals surface area contributed by atoms with Gasteiger partial charge in [0.1, 0.15) is 11.4 Å². The number of imide groups is 1. The first-order valence-electron chi connectivity index (χ1n) is 10.2. The molecule has 1 aliphatic heterocycles. The summed E-state index contributed by atoms with van der Waals surface area (Å²) in [6.07, 6.45) is 0. The molecular formula is C24H27ClN2O5. The molecular weight excluding hydrogens is 432 g/mol. The Bertz CT molecular complexity index is 982. The molecule has 0 saturated heterocycles. The highest BCUT2D eigenvalue weighted by molar-refractivity contribution is 6.36. The number of methoxy groups -OCH3 is 3. The van der Waals surface area contributed by atoms with Crippen molar-refractivity contribution in [3.8, 4) is 5.75 Å². The van der Waals surface area contributed by atoms with Crippen molar-refractivity contribution in [3.05, 3.63) is 70.4 Å². The van der Waals surface area contributed by atoms with Crippen molar-refractivity contribution in [3.63, 3.8) is 0 Å². The first-order chi connectivity index (χ1) is 15.5. The summed E-state index contributed by atoms with van der Waals surface area (Å²) in [6.45, 7) is 1.77. The van der Waals surface area contributed by atoms with E-state index < -0.39 is 0 Å². The summed E-state index contributed by atoms with van der Waals surface area (Å²) in [5.74, 6) is -0.110. The number of halogens is 1. The van der Waals surface area contributed by atoms with E-state index in [1.54, 1.807) is 51.7 Å². The average molecular weight is 459 g/mol. The fraction of sp³-hybridized carbons (Fsp3) is 0.333. The van der Waals surface area contributed by atoms with Crippen molar-refractivity contribution in [1.82, 2.24) is 9.80 Å². The number of carbonyl (C=O) groups is 2. The minimum atomic E-state index is -0.363. The molecule has 0 fully saturated rings. The SMILES string of the molecule is COCCN(CCOC)C1=C(c2ccc(Cl)cc2)C(=O)N(Cc2ccccc2OC)C1=O. The minimum Gasteiger partial charge on any atom is -0.496 e. The van der Waals surface area contributed by atoms with E-state index in [-0.39, 0.29) is 18.4 Å². The Morgan fingerprint density at radius 3 is 2.09 bits per heavy atom. The van der Waals surface area contributed by atoms with Crippen molar-refractivity contribution in [2.75, 3.05) is 47.6 Å². The third-order valence-electron chi connectivity index (χ3n) is 5.24. The van der Waals surface area contributed by atoms with Crippen LogP contribution < -0.4 is 4.74 Å². The molecule has 0 saturated carbocycles. The van der Waals surface area contributed by atoms with Gasteiger partial charge in [0.25, 0.3) is 11.8 Å². The highest BCUT2D eigenvalue weighted by Gasteiger charge is 2.41. The molecule has 8 heteroatoms. The van der Waals surface area contributed by atoms with Crippen LogP contribution in [0.2, 0.25) is 5.02 Å². The van der Waals surface area contributed by atoms with Crippen molar-refractivity contribution < 1.29 is 23.8 Å². The Labute approximate surface area is 193 Å². The van der Waals surface area contributed by atoms with Gasteiger partial charge in [-0.3, -0.25) is 14.5 Å².